The first kappa shape index (κ1) is 19.7. The van der Waals surface area contributed by atoms with Gasteiger partial charge >= 0.3 is 0 Å². The average Bonchev–Trinajstić information content (AvgIpc) is 3.02. The third-order valence-corrected chi connectivity index (χ3v) is 5.05. The molecule has 3 rings (SSSR count). The van der Waals surface area contributed by atoms with Crippen LogP contribution in [0.3, 0.4) is 0 Å². The molecule has 25 heavy (non-hydrogen) atoms. The van der Waals surface area contributed by atoms with Gasteiger partial charge in [0.25, 0.3) is 5.91 Å². The van der Waals surface area contributed by atoms with Gasteiger partial charge in [-0.2, -0.15) is 0 Å². The van der Waals surface area contributed by atoms with Gasteiger partial charge in [-0.15, -0.1) is 12.4 Å². The van der Waals surface area contributed by atoms with Gasteiger partial charge in [0, 0.05) is 19.0 Å². The van der Waals surface area contributed by atoms with Crippen LogP contribution in [-0.4, -0.2) is 30.4 Å². The van der Waals surface area contributed by atoms with E-state index in [0.29, 0.717) is 30.8 Å². The van der Waals surface area contributed by atoms with Crippen molar-refractivity contribution >= 4 is 29.9 Å². The first-order chi connectivity index (χ1) is 11.5. The predicted octanol–water partition coefficient (Wildman–Crippen LogP) is 4.02. The summed E-state index contributed by atoms with van der Waals surface area (Å²) in [5.74, 6) is -0.155. The van der Waals surface area contributed by atoms with Crippen molar-refractivity contribution in [3.63, 3.8) is 0 Å². The molecule has 0 spiro atoms. The van der Waals surface area contributed by atoms with Crippen molar-refractivity contribution in [2.75, 3.05) is 19.6 Å². The molecule has 1 saturated heterocycles. The summed E-state index contributed by atoms with van der Waals surface area (Å²) in [6.07, 6.45) is 0. The summed E-state index contributed by atoms with van der Waals surface area (Å²) < 4.78 is 13.6. The number of aryl methyl sites for hydroxylation is 1. The zero-order valence-electron chi connectivity index (χ0n) is 13.9. The van der Waals surface area contributed by atoms with E-state index in [1.54, 1.807) is 11.8 Å². The lowest BCUT2D eigenvalue weighted by Gasteiger charge is -2.18. The highest BCUT2D eigenvalue weighted by atomic mass is 35.5. The number of halogens is 3. The zero-order valence-corrected chi connectivity index (χ0v) is 15.5. The van der Waals surface area contributed by atoms with E-state index in [1.165, 1.54) is 17.7 Å². The molecule has 1 heterocycles. The van der Waals surface area contributed by atoms with Crippen LogP contribution in [0, 0.1) is 18.7 Å². The second kappa shape index (κ2) is 8.17. The summed E-state index contributed by atoms with van der Waals surface area (Å²) in [5.41, 5.74) is 7.87. The third-order valence-electron chi connectivity index (χ3n) is 4.74. The van der Waals surface area contributed by atoms with Crippen molar-refractivity contribution in [1.29, 1.82) is 0 Å². The minimum atomic E-state index is -0.403. The average molecular weight is 383 g/mol. The Kier molecular flexibility index (Phi) is 6.44. The highest BCUT2D eigenvalue weighted by Crippen LogP contribution is 2.33. The molecule has 0 aliphatic carbocycles. The van der Waals surface area contributed by atoms with Gasteiger partial charge in [-0.3, -0.25) is 4.79 Å². The molecule has 0 radical (unpaired) electrons. The molecule has 6 heteroatoms. The number of amides is 1. The fourth-order valence-electron chi connectivity index (χ4n) is 3.35. The van der Waals surface area contributed by atoms with E-state index < -0.39 is 5.82 Å². The summed E-state index contributed by atoms with van der Waals surface area (Å²) in [5, 5.41) is 0.149. The topological polar surface area (TPSA) is 46.3 Å². The number of likely N-dealkylation sites (tertiary alicyclic amines) is 1. The van der Waals surface area contributed by atoms with Crippen LogP contribution < -0.4 is 5.73 Å². The summed E-state index contributed by atoms with van der Waals surface area (Å²) in [6, 6.07) is 12.8. The molecule has 2 N–H and O–H groups in total. The second-order valence-corrected chi connectivity index (χ2v) is 6.71. The lowest BCUT2D eigenvalue weighted by Crippen LogP contribution is -2.30. The van der Waals surface area contributed by atoms with Gasteiger partial charge in [-0.05, 0) is 42.6 Å². The van der Waals surface area contributed by atoms with Crippen molar-refractivity contribution in [3.8, 4) is 0 Å². The Bertz CT molecular complexity index is 755. The normalized spacial score (nSPS) is 19.6. The SMILES string of the molecule is Cc1cc(C(=O)N2C[C@@H](CN)[C@H](c3ccccc3)C2)c(Cl)cc1F.Cl. The first-order valence-electron chi connectivity index (χ1n) is 8.01. The van der Waals surface area contributed by atoms with Crippen molar-refractivity contribution in [2.24, 2.45) is 11.7 Å². The summed E-state index contributed by atoms with van der Waals surface area (Å²) in [7, 11) is 0. The predicted molar refractivity (Wildman–Crippen MR) is 101 cm³/mol. The molecule has 0 bridgehead atoms. The summed E-state index contributed by atoms with van der Waals surface area (Å²) >= 11 is 6.09. The van der Waals surface area contributed by atoms with Gasteiger partial charge < -0.3 is 10.6 Å². The van der Waals surface area contributed by atoms with Crippen LogP contribution in [0.5, 0.6) is 0 Å². The Labute approximate surface area is 158 Å². The van der Waals surface area contributed by atoms with E-state index in [0.717, 1.165) is 0 Å². The van der Waals surface area contributed by atoms with Crippen LogP contribution >= 0.6 is 24.0 Å². The number of nitrogens with two attached hydrogens (primary N) is 1. The summed E-state index contributed by atoms with van der Waals surface area (Å²) in [4.78, 5) is 14.6. The molecule has 1 amide bonds. The van der Waals surface area contributed by atoms with Gasteiger partial charge in [0.15, 0.2) is 0 Å². The maximum Gasteiger partial charge on any atom is 0.255 e. The van der Waals surface area contributed by atoms with E-state index in [2.05, 4.69) is 12.1 Å². The quantitative estimate of drug-likeness (QED) is 0.870. The fraction of sp³-hybridized carbons (Fsp3) is 0.316. The Morgan fingerprint density at radius 1 is 1.28 bits per heavy atom. The van der Waals surface area contributed by atoms with E-state index in [4.69, 9.17) is 17.3 Å². The van der Waals surface area contributed by atoms with Crippen LogP contribution in [0.15, 0.2) is 42.5 Å². The largest absolute Gasteiger partial charge is 0.338 e. The molecule has 0 unspecified atom stereocenters. The van der Waals surface area contributed by atoms with Gasteiger partial charge in [-0.1, -0.05) is 41.9 Å². The number of benzene rings is 2. The number of rotatable bonds is 3. The van der Waals surface area contributed by atoms with Gasteiger partial charge in [0.05, 0.1) is 10.6 Å². The maximum atomic E-state index is 13.6. The molecule has 2 aromatic rings. The van der Waals surface area contributed by atoms with E-state index in [9.17, 15) is 9.18 Å². The maximum absolute atomic E-state index is 13.6. The van der Waals surface area contributed by atoms with Crippen molar-refractivity contribution in [1.82, 2.24) is 4.90 Å². The van der Waals surface area contributed by atoms with Gasteiger partial charge in [0.1, 0.15) is 5.82 Å². The zero-order chi connectivity index (χ0) is 17.3. The van der Waals surface area contributed by atoms with Gasteiger partial charge in [0.2, 0.25) is 0 Å². The van der Waals surface area contributed by atoms with Crippen LogP contribution in [0.1, 0.15) is 27.4 Å². The Morgan fingerprint density at radius 2 is 1.96 bits per heavy atom. The van der Waals surface area contributed by atoms with Crippen molar-refractivity contribution in [3.05, 3.63) is 70.0 Å². The number of hydrogen-bond acceptors (Lipinski definition) is 2. The molecule has 1 aliphatic rings. The van der Waals surface area contributed by atoms with E-state index in [-0.39, 0.29) is 35.2 Å². The minimum Gasteiger partial charge on any atom is -0.338 e. The first-order valence-corrected chi connectivity index (χ1v) is 8.39. The van der Waals surface area contributed by atoms with Crippen LogP contribution in [0.4, 0.5) is 4.39 Å². The molecule has 3 nitrogen and oxygen atoms in total. The molecule has 134 valence electrons. The van der Waals surface area contributed by atoms with Crippen molar-refractivity contribution < 1.29 is 9.18 Å². The molecule has 2 aromatic carbocycles. The van der Waals surface area contributed by atoms with E-state index >= 15 is 0 Å². The molecule has 1 fully saturated rings. The van der Waals surface area contributed by atoms with Crippen LogP contribution in [0.25, 0.3) is 0 Å². The number of carbonyl (C=O) groups is 1. The Balaban J connectivity index is 0.00000225. The molecule has 0 saturated carbocycles. The molecule has 2 atom stereocenters. The number of hydrogen-bond donors (Lipinski definition) is 1. The number of nitrogens with zero attached hydrogens (tertiary/aromatic N) is 1. The molecule has 0 aromatic heterocycles. The lowest BCUT2D eigenvalue weighted by molar-refractivity contribution is 0.0786. The van der Waals surface area contributed by atoms with Crippen LogP contribution in [0.2, 0.25) is 5.02 Å². The van der Waals surface area contributed by atoms with Gasteiger partial charge in [-0.25, -0.2) is 4.39 Å². The minimum absolute atomic E-state index is 0. The second-order valence-electron chi connectivity index (χ2n) is 6.30. The summed E-state index contributed by atoms with van der Waals surface area (Å²) in [6.45, 7) is 3.32. The highest BCUT2D eigenvalue weighted by molar-refractivity contribution is 6.33. The van der Waals surface area contributed by atoms with Crippen LogP contribution in [-0.2, 0) is 0 Å². The Morgan fingerprint density at radius 3 is 2.60 bits per heavy atom. The number of carbonyl (C=O) groups excluding carboxylic acids is 1. The fourth-order valence-corrected chi connectivity index (χ4v) is 3.58. The molecular formula is C19H21Cl2FN2O. The molecular weight excluding hydrogens is 362 g/mol. The van der Waals surface area contributed by atoms with E-state index in [1.807, 2.05) is 18.2 Å². The monoisotopic (exact) mass is 382 g/mol. The lowest BCUT2D eigenvalue weighted by atomic mass is 9.89. The third kappa shape index (κ3) is 3.97. The highest BCUT2D eigenvalue weighted by Gasteiger charge is 2.36. The molecule has 1 aliphatic heterocycles. The van der Waals surface area contributed by atoms with Crippen molar-refractivity contribution in [2.45, 2.75) is 12.8 Å². The smallest absolute Gasteiger partial charge is 0.255 e. The Hall–Kier alpha value is -1.62. The standard InChI is InChI=1S/C19H20ClFN2O.ClH/c1-12-7-15(17(20)8-18(12)21)19(24)23-10-14(9-22)16(11-23)13-5-3-2-4-6-13;/h2-8,14,16H,9-11,22H2,1H3;1H/t14-,16+;/m1./s1.